The van der Waals surface area contributed by atoms with Crippen molar-refractivity contribution in [2.24, 2.45) is 0 Å². The molecular formula is C12H21N3O2. The van der Waals surface area contributed by atoms with Crippen LogP contribution in [0.25, 0.3) is 0 Å². The van der Waals surface area contributed by atoms with Gasteiger partial charge in [-0.3, -0.25) is 0 Å². The van der Waals surface area contributed by atoms with Crippen LogP contribution in [0.1, 0.15) is 52.3 Å². The van der Waals surface area contributed by atoms with Gasteiger partial charge in [0.1, 0.15) is 5.60 Å². The Balaban J connectivity index is 2.21. The van der Waals surface area contributed by atoms with Gasteiger partial charge in [0.05, 0.1) is 5.54 Å². The predicted octanol–water partition coefficient (Wildman–Crippen LogP) is 1.94. The fraction of sp³-hybridized carbons (Fsp3) is 0.833. The summed E-state index contributed by atoms with van der Waals surface area (Å²) in [7, 11) is 0. The van der Waals surface area contributed by atoms with E-state index in [2.05, 4.69) is 22.4 Å². The van der Waals surface area contributed by atoms with E-state index in [9.17, 15) is 0 Å². The van der Waals surface area contributed by atoms with Gasteiger partial charge in [0.15, 0.2) is 0 Å². The number of hydrogen-bond acceptors (Lipinski definition) is 5. The van der Waals surface area contributed by atoms with E-state index in [0.29, 0.717) is 18.3 Å². The van der Waals surface area contributed by atoms with Crippen molar-refractivity contribution in [2.75, 3.05) is 13.2 Å². The van der Waals surface area contributed by atoms with Crippen LogP contribution >= 0.6 is 0 Å². The van der Waals surface area contributed by atoms with Crippen molar-refractivity contribution in [1.82, 2.24) is 15.5 Å². The SMILES string of the molecule is CCOC(C)(C)c1noc(C2(C)CCCN2)n1. The van der Waals surface area contributed by atoms with Gasteiger partial charge in [-0.2, -0.15) is 4.98 Å². The molecule has 1 aliphatic heterocycles. The van der Waals surface area contributed by atoms with Gasteiger partial charge in [0.25, 0.3) is 0 Å². The topological polar surface area (TPSA) is 60.2 Å². The maximum absolute atomic E-state index is 5.62. The molecule has 1 aliphatic rings. The van der Waals surface area contributed by atoms with Gasteiger partial charge in [-0.05, 0) is 47.1 Å². The quantitative estimate of drug-likeness (QED) is 0.870. The van der Waals surface area contributed by atoms with Crippen LogP contribution in [0.3, 0.4) is 0 Å². The molecule has 0 aromatic carbocycles. The molecule has 1 unspecified atom stereocenters. The summed E-state index contributed by atoms with van der Waals surface area (Å²) in [6, 6.07) is 0. The van der Waals surface area contributed by atoms with E-state index in [-0.39, 0.29) is 5.54 Å². The van der Waals surface area contributed by atoms with Crippen molar-refractivity contribution < 1.29 is 9.26 Å². The molecule has 96 valence electrons. The van der Waals surface area contributed by atoms with Gasteiger partial charge < -0.3 is 14.6 Å². The van der Waals surface area contributed by atoms with E-state index < -0.39 is 5.60 Å². The number of nitrogens with one attached hydrogen (secondary N) is 1. The molecule has 1 saturated heterocycles. The summed E-state index contributed by atoms with van der Waals surface area (Å²) in [6.07, 6.45) is 2.17. The van der Waals surface area contributed by atoms with Crippen molar-refractivity contribution in [2.45, 2.75) is 51.7 Å². The van der Waals surface area contributed by atoms with Crippen LogP contribution in [-0.4, -0.2) is 23.3 Å². The smallest absolute Gasteiger partial charge is 0.246 e. The normalized spacial score (nSPS) is 25.4. The predicted molar refractivity (Wildman–Crippen MR) is 63.5 cm³/mol. The summed E-state index contributed by atoms with van der Waals surface area (Å²) >= 11 is 0. The largest absolute Gasteiger partial charge is 0.368 e. The molecule has 5 heteroatoms. The van der Waals surface area contributed by atoms with Crippen LogP contribution in [0, 0.1) is 0 Å². The minimum atomic E-state index is -0.495. The molecule has 0 spiro atoms. The molecule has 0 saturated carbocycles. The lowest BCUT2D eigenvalue weighted by molar-refractivity contribution is -0.0221. The van der Waals surface area contributed by atoms with Gasteiger partial charge in [0, 0.05) is 6.61 Å². The van der Waals surface area contributed by atoms with Crippen molar-refractivity contribution >= 4 is 0 Å². The van der Waals surface area contributed by atoms with Crippen LogP contribution in [0.5, 0.6) is 0 Å². The van der Waals surface area contributed by atoms with E-state index in [4.69, 9.17) is 9.26 Å². The second kappa shape index (κ2) is 4.38. The third-order valence-corrected chi connectivity index (χ3v) is 3.31. The monoisotopic (exact) mass is 239 g/mol. The van der Waals surface area contributed by atoms with Crippen LogP contribution in [0.4, 0.5) is 0 Å². The van der Waals surface area contributed by atoms with Crippen molar-refractivity contribution in [3.8, 4) is 0 Å². The average molecular weight is 239 g/mol. The average Bonchev–Trinajstić information content (AvgIpc) is 2.86. The minimum absolute atomic E-state index is 0.173. The summed E-state index contributed by atoms with van der Waals surface area (Å²) in [6.45, 7) is 9.61. The van der Waals surface area contributed by atoms with Crippen LogP contribution in [-0.2, 0) is 15.9 Å². The minimum Gasteiger partial charge on any atom is -0.368 e. The molecule has 0 amide bonds. The van der Waals surface area contributed by atoms with Gasteiger partial charge in [0.2, 0.25) is 11.7 Å². The third-order valence-electron chi connectivity index (χ3n) is 3.31. The van der Waals surface area contributed by atoms with E-state index in [0.717, 1.165) is 19.4 Å². The maximum Gasteiger partial charge on any atom is 0.246 e. The van der Waals surface area contributed by atoms with Crippen molar-refractivity contribution in [3.05, 3.63) is 11.7 Å². The molecule has 1 fully saturated rings. The highest BCUT2D eigenvalue weighted by molar-refractivity contribution is 5.07. The molecule has 17 heavy (non-hydrogen) atoms. The molecule has 0 radical (unpaired) electrons. The lowest BCUT2D eigenvalue weighted by Gasteiger charge is -2.21. The molecule has 2 heterocycles. The Labute approximate surface area is 102 Å². The summed E-state index contributed by atoms with van der Waals surface area (Å²) in [5, 5.41) is 7.45. The first-order valence-electron chi connectivity index (χ1n) is 6.21. The number of ether oxygens (including phenoxy) is 1. The van der Waals surface area contributed by atoms with Gasteiger partial charge in [-0.1, -0.05) is 5.16 Å². The van der Waals surface area contributed by atoms with Crippen LogP contribution < -0.4 is 5.32 Å². The second-order valence-corrected chi connectivity index (χ2v) is 5.23. The zero-order valence-corrected chi connectivity index (χ0v) is 11.0. The third kappa shape index (κ3) is 2.35. The zero-order chi connectivity index (χ0) is 12.5. The fourth-order valence-electron chi connectivity index (χ4n) is 2.19. The van der Waals surface area contributed by atoms with Crippen molar-refractivity contribution in [1.29, 1.82) is 0 Å². The highest BCUT2D eigenvalue weighted by Gasteiger charge is 2.37. The Morgan fingerprint density at radius 1 is 1.53 bits per heavy atom. The standard InChI is InChI=1S/C12H21N3O2/c1-5-16-11(2,3)9-14-10(17-15-9)12(4)7-6-8-13-12/h13H,5-8H2,1-4H3. The summed E-state index contributed by atoms with van der Waals surface area (Å²) in [5.41, 5.74) is -0.668. The van der Waals surface area contributed by atoms with E-state index in [1.165, 1.54) is 0 Å². The number of hydrogen-bond donors (Lipinski definition) is 1. The fourth-order valence-corrected chi connectivity index (χ4v) is 2.19. The summed E-state index contributed by atoms with van der Waals surface area (Å²) < 4.78 is 11.0. The molecule has 1 aromatic rings. The van der Waals surface area contributed by atoms with Crippen LogP contribution in [0.15, 0.2) is 4.52 Å². The van der Waals surface area contributed by atoms with Gasteiger partial charge >= 0.3 is 0 Å². The second-order valence-electron chi connectivity index (χ2n) is 5.23. The first-order chi connectivity index (χ1) is 7.98. The van der Waals surface area contributed by atoms with E-state index >= 15 is 0 Å². The molecule has 1 atom stereocenters. The van der Waals surface area contributed by atoms with Gasteiger partial charge in [-0.25, -0.2) is 0 Å². The van der Waals surface area contributed by atoms with Crippen molar-refractivity contribution in [3.63, 3.8) is 0 Å². The number of rotatable bonds is 4. The molecular weight excluding hydrogens is 218 g/mol. The molecule has 1 aromatic heterocycles. The first kappa shape index (κ1) is 12.5. The lowest BCUT2D eigenvalue weighted by atomic mass is 10.0. The maximum atomic E-state index is 5.62. The highest BCUT2D eigenvalue weighted by Crippen LogP contribution is 2.31. The Morgan fingerprint density at radius 2 is 2.29 bits per heavy atom. The van der Waals surface area contributed by atoms with Gasteiger partial charge in [-0.15, -0.1) is 0 Å². The Kier molecular flexibility index (Phi) is 3.23. The number of nitrogens with zero attached hydrogens (tertiary/aromatic N) is 2. The molecule has 2 rings (SSSR count). The van der Waals surface area contributed by atoms with E-state index in [1.54, 1.807) is 0 Å². The van der Waals surface area contributed by atoms with E-state index in [1.807, 2.05) is 20.8 Å². The Morgan fingerprint density at radius 3 is 2.88 bits per heavy atom. The molecule has 0 aliphatic carbocycles. The number of aromatic nitrogens is 2. The zero-order valence-electron chi connectivity index (χ0n) is 11.0. The Hall–Kier alpha value is -0.940. The molecule has 5 nitrogen and oxygen atoms in total. The Bertz CT molecular complexity index is 381. The van der Waals surface area contributed by atoms with Crippen LogP contribution in [0.2, 0.25) is 0 Å². The summed E-state index contributed by atoms with van der Waals surface area (Å²) in [4.78, 5) is 4.49. The summed E-state index contributed by atoms with van der Waals surface area (Å²) in [5.74, 6) is 1.28. The lowest BCUT2D eigenvalue weighted by Crippen LogP contribution is -2.33. The molecule has 0 bridgehead atoms. The first-order valence-corrected chi connectivity index (χ1v) is 6.21. The highest BCUT2D eigenvalue weighted by atomic mass is 16.5. The molecule has 1 N–H and O–H groups in total.